The molecular formula is C18H22N2O3S. The second-order valence-electron chi connectivity index (χ2n) is 5.75. The first-order chi connectivity index (χ1) is 11.3. The molecular weight excluding hydrogens is 324 g/mol. The van der Waals surface area contributed by atoms with Gasteiger partial charge in [-0.15, -0.1) is 0 Å². The zero-order chi connectivity index (χ0) is 17.6. The summed E-state index contributed by atoms with van der Waals surface area (Å²) in [6.45, 7) is 2.51. The van der Waals surface area contributed by atoms with Crippen molar-refractivity contribution in [3.8, 4) is 0 Å². The van der Waals surface area contributed by atoms with E-state index in [2.05, 4.69) is 10.0 Å². The smallest absolute Gasteiger partial charge is 0.251 e. The molecule has 0 aliphatic heterocycles. The Labute approximate surface area is 143 Å². The first-order valence-corrected chi connectivity index (χ1v) is 9.65. The molecule has 24 heavy (non-hydrogen) atoms. The molecule has 0 aromatic heterocycles. The van der Waals surface area contributed by atoms with Crippen molar-refractivity contribution in [2.24, 2.45) is 0 Å². The Hall–Kier alpha value is -2.34. The lowest BCUT2D eigenvalue weighted by Crippen LogP contribution is -2.25. The number of sulfonamides is 1. The molecule has 0 aliphatic rings. The maximum absolute atomic E-state index is 12.1. The number of rotatable bonds is 7. The molecule has 1 amide bonds. The highest BCUT2D eigenvalue weighted by atomic mass is 32.2. The van der Waals surface area contributed by atoms with Crippen LogP contribution in [-0.4, -0.2) is 27.1 Å². The molecule has 0 atom stereocenters. The van der Waals surface area contributed by atoms with Crippen LogP contribution in [0.15, 0.2) is 48.5 Å². The number of anilines is 1. The van der Waals surface area contributed by atoms with E-state index in [1.54, 1.807) is 12.1 Å². The third-order valence-corrected chi connectivity index (χ3v) is 4.18. The number of nitrogens with one attached hydrogen (secondary N) is 2. The number of aryl methyl sites for hydroxylation is 2. The molecule has 128 valence electrons. The molecule has 0 saturated carbocycles. The van der Waals surface area contributed by atoms with Crippen LogP contribution in [-0.2, 0) is 16.4 Å². The molecule has 2 aromatic carbocycles. The van der Waals surface area contributed by atoms with Crippen LogP contribution in [0.1, 0.15) is 27.9 Å². The van der Waals surface area contributed by atoms with E-state index in [-0.39, 0.29) is 5.91 Å². The van der Waals surface area contributed by atoms with E-state index in [9.17, 15) is 13.2 Å². The van der Waals surface area contributed by atoms with Crippen LogP contribution in [0.2, 0.25) is 0 Å². The number of carbonyl (C=O) groups is 1. The van der Waals surface area contributed by atoms with Gasteiger partial charge in [0.1, 0.15) is 0 Å². The van der Waals surface area contributed by atoms with E-state index in [1.807, 2.05) is 43.3 Å². The monoisotopic (exact) mass is 346 g/mol. The normalized spacial score (nSPS) is 11.1. The summed E-state index contributed by atoms with van der Waals surface area (Å²) >= 11 is 0. The second-order valence-corrected chi connectivity index (χ2v) is 7.49. The minimum absolute atomic E-state index is 0.0548. The quantitative estimate of drug-likeness (QED) is 0.757. The van der Waals surface area contributed by atoms with E-state index in [1.165, 1.54) is 0 Å². The Balaban J connectivity index is 1.78. The van der Waals surface area contributed by atoms with Gasteiger partial charge in [-0.3, -0.25) is 9.52 Å². The number of benzene rings is 2. The van der Waals surface area contributed by atoms with Crippen molar-refractivity contribution in [3.05, 3.63) is 65.2 Å². The molecule has 0 unspecified atom stereocenters. The third kappa shape index (κ3) is 5.70. The predicted molar refractivity (Wildman–Crippen MR) is 96.7 cm³/mol. The predicted octanol–water partition coefficient (Wildman–Crippen LogP) is 2.73. The van der Waals surface area contributed by atoms with E-state index >= 15 is 0 Å². The lowest BCUT2D eigenvalue weighted by molar-refractivity contribution is 0.0952. The van der Waals surface area contributed by atoms with Crippen molar-refractivity contribution in [2.75, 3.05) is 17.5 Å². The SMILES string of the molecule is Cc1ccccc1C(=O)NCCCc1ccc(NS(C)(=O)=O)cc1. The Bertz CT molecular complexity index is 799. The highest BCUT2D eigenvalue weighted by Crippen LogP contribution is 2.12. The molecule has 2 N–H and O–H groups in total. The first-order valence-electron chi connectivity index (χ1n) is 7.76. The van der Waals surface area contributed by atoms with Crippen molar-refractivity contribution >= 4 is 21.6 Å². The summed E-state index contributed by atoms with van der Waals surface area (Å²) in [5.41, 5.74) is 3.31. The molecule has 0 aliphatic carbocycles. The molecule has 0 radical (unpaired) electrons. The number of carbonyl (C=O) groups excluding carboxylic acids is 1. The third-order valence-electron chi connectivity index (χ3n) is 3.57. The van der Waals surface area contributed by atoms with Crippen LogP contribution < -0.4 is 10.0 Å². The highest BCUT2D eigenvalue weighted by Gasteiger charge is 2.07. The average Bonchev–Trinajstić information content (AvgIpc) is 2.52. The Morgan fingerprint density at radius 1 is 1.04 bits per heavy atom. The fourth-order valence-corrected chi connectivity index (χ4v) is 2.94. The standard InChI is InChI=1S/C18H22N2O3S/c1-14-6-3-4-8-17(14)18(21)19-13-5-7-15-9-11-16(12-10-15)20-24(2,22)23/h3-4,6,8-12,20H,5,7,13H2,1-2H3,(H,19,21). The number of amides is 1. The van der Waals surface area contributed by atoms with Crippen molar-refractivity contribution < 1.29 is 13.2 Å². The summed E-state index contributed by atoms with van der Waals surface area (Å²) in [6.07, 6.45) is 2.75. The maximum Gasteiger partial charge on any atom is 0.251 e. The van der Waals surface area contributed by atoms with E-state index in [0.717, 1.165) is 30.2 Å². The highest BCUT2D eigenvalue weighted by molar-refractivity contribution is 7.92. The molecule has 6 heteroatoms. The van der Waals surface area contributed by atoms with Crippen molar-refractivity contribution in [1.29, 1.82) is 0 Å². The zero-order valence-corrected chi connectivity index (χ0v) is 14.7. The molecule has 0 spiro atoms. The van der Waals surface area contributed by atoms with Gasteiger partial charge in [0.15, 0.2) is 0 Å². The fourth-order valence-electron chi connectivity index (χ4n) is 2.37. The summed E-state index contributed by atoms with van der Waals surface area (Å²) in [7, 11) is -3.25. The van der Waals surface area contributed by atoms with Gasteiger partial charge in [0.2, 0.25) is 10.0 Å². The van der Waals surface area contributed by atoms with Gasteiger partial charge in [0.05, 0.1) is 6.26 Å². The molecule has 0 saturated heterocycles. The summed E-state index contributed by atoms with van der Waals surface area (Å²) in [6, 6.07) is 14.7. The van der Waals surface area contributed by atoms with Gasteiger partial charge in [-0.2, -0.15) is 0 Å². The van der Waals surface area contributed by atoms with Gasteiger partial charge < -0.3 is 5.32 Å². The van der Waals surface area contributed by atoms with Crippen LogP contribution in [0.25, 0.3) is 0 Å². The largest absolute Gasteiger partial charge is 0.352 e. The van der Waals surface area contributed by atoms with E-state index in [0.29, 0.717) is 17.8 Å². The summed E-state index contributed by atoms with van der Waals surface area (Å²) < 4.78 is 24.7. The van der Waals surface area contributed by atoms with Crippen molar-refractivity contribution in [3.63, 3.8) is 0 Å². The molecule has 0 bridgehead atoms. The Kier molecular flexibility index (Phi) is 5.98. The molecule has 0 heterocycles. The zero-order valence-electron chi connectivity index (χ0n) is 13.9. The summed E-state index contributed by atoms with van der Waals surface area (Å²) in [5.74, 6) is -0.0548. The van der Waals surface area contributed by atoms with Gasteiger partial charge in [-0.05, 0) is 49.1 Å². The van der Waals surface area contributed by atoms with Gasteiger partial charge in [0.25, 0.3) is 5.91 Å². The van der Waals surface area contributed by atoms with Crippen LogP contribution in [0.4, 0.5) is 5.69 Å². The minimum atomic E-state index is -3.25. The van der Waals surface area contributed by atoms with Crippen molar-refractivity contribution in [2.45, 2.75) is 19.8 Å². The van der Waals surface area contributed by atoms with Gasteiger partial charge in [-0.25, -0.2) is 8.42 Å². The van der Waals surface area contributed by atoms with Gasteiger partial charge in [0, 0.05) is 17.8 Å². The first kappa shape index (κ1) is 18.0. The number of hydrogen-bond acceptors (Lipinski definition) is 3. The van der Waals surface area contributed by atoms with Gasteiger partial charge >= 0.3 is 0 Å². The summed E-state index contributed by atoms with van der Waals surface area (Å²) in [5, 5.41) is 2.92. The minimum Gasteiger partial charge on any atom is -0.352 e. The lowest BCUT2D eigenvalue weighted by Gasteiger charge is -2.08. The molecule has 0 fully saturated rings. The fraction of sp³-hybridized carbons (Fsp3) is 0.278. The Morgan fingerprint density at radius 2 is 1.71 bits per heavy atom. The average molecular weight is 346 g/mol. The van der Waals surface area contributed by atoms with Crippen LogP contribution in [0.5, 0.6) is 0 Å². The molecule has 2 rings (SSSR count). The lowest BCUT2D eigenvalue weighted by atomic mass is 10.1. The maximum atomic E-state index is 12.1. The van der Waals surface area contributed by atoms with Crippen LogP contribution >= 0.6 is 0 Å². The second kappa shape index (κ2) is 7.97. The van der Waals surface area contributed by atoms with Crippen molar-refractivity contribution in [1.82, 2.24) is 5.32 Å². The van der Waals surface area contributed by atoms with Crippen LogP contribution in [0.3, 0.4) is 0 Å². The van der Waals surface area contributed by atoms with E-state index in [4.69, 9.17) is 0 Å². The summed E-state index contributed by atoms with van der Waals surface area (Å²) in [4.78, 5) is 12.1. The van der Waals surface area contributed by atoms with Crippen LogP contribution in [0, 0.1) is 6.92 Å². The van der Waals surface area contributed by atoms with E-state index < -0.39 is 10.0 Å². The molecule has 5 nitrogen and oxygen atoms in total. The molecule has 2 aromatic rings. The number of hydrogen-bond donors (Lipinski definition) is 2. The van der Waals surface area contributed by atoms with Gasteiger partial charge in [-0.1, -0.05) is 30.3 Å². The Morgan fingerprint density at radius 3 is 2.33 bits per heavy atom. The topological polar surface area (TPSA) is 75.3 Å².